The van der Waals surface area contributed by atoms with Gasteiger partial charge in [0.25, 0.3) is 0 Å². The van der Waals surface area contributed by atoms with Crippen molar-refractivity contribution < 1.29 is 37.0 Å². The quantitative estimate of drug-likeness (QED) is 0.106. The Morgan fingerprint density at radius 2 is 1.15 bits per heavy atom. The number of amides is 2. The van der Waals surface area contributed by atoms with Gasteiger partial charge in [-0.05, 0) is 121 Å². The van der Waals surface area contributed by atoms with Crippen molar-refractivity contribution in [2.45, 2.75) is 103 Å². The van der Waals surface area contributed by atoms with Gasteiger partial charge >= 0.3 is 12.2 Å². The van der Waals surface area contributed by atoms with Crippen LogP contribution in [-0.4, -0.2) is 109 Å². The number of ether oxygens (including phenoxy) is 4. The number of carbonyl (C=O) groups excluding carboxylic acids is 2. The summed E-state index contributed by atoms with van der Waals surface area (Å²) in [5.74, 6) is 1.34. The number of rotatable bonds is 16. The normalized spacial score (nSPS) is 16.3. The van der Waals surface area contributed by atoms with E-state index in [1.807, 2.05) is 78.1 Å². The van der Waals surface area contributed by atoms with Gasteiger partial charge in [0.05, 0.1) is 30.7 Å². The molecular weight excluding hydrogens is 809 g/mol. The standard InChI is InChI=1S/C24H33N3O5S.C23H31N3O3/c1-24(2,3)32-23(28)27-12-10-21(27)17-31-22-14-20(15-25-16-22)19-9-5-7-18(13-19)8-6-11-26-33(4,29)30;1-23(2,3)29-22(27)26-11-9-20(26)16-28-21-13-19(14-25-15-21)18-8-4-6-17(12-18)7-5-10-24/h5,7,9,13-16,21,26H,6,8,10-12,17H2,1-4H3;4,6,8,12-15,20H,5,7,9-11,16,24H2,1-3H3/t21-;20-/m00/s1. The van der Waals surface area contributed by atoms with Gasteiger partial charge in [-0.2, -0.15) is 0 Å². The minimum absolute atomic E-state index is 0.00706. The molecule has 0 saturated carbocycles. The Morgan fingerprint density at radius 3 is 1.53 bits per heavy atom. The summed E-state index contributed by atoms with van der Waals surface area (Å²) < 4.78 is 47.7. The van der Waals surface area contributed by atoms with Crippen molar-refractivity contribution >= 4 is 22.2 Å². The van der Waals surface area contributed by atoms with E-state index in [1.54, 1.807) is 28.4 Å². The molecule has 2 atom stereocenters. The number of pyridine rings is 2. The van der Waals surface area contributed by atoms with E-state index in [-0.39, 0.29) is 24.3 Å². The fraction of sp³-hybridized carbons (Fsp3) is 0.489. The lowest BCUT2D eigenvalue weighted by Crippen LogP contribution is -2.55. The van der Waals surface area contributed by atoms with Crippen molar-refractivity contribution in [3.63, 3.8) is 0 Å². The Balaban J connectivity index is 0.000000236. The van der Waals surface area contributed by atoms with Crippen LogP contribution in [0.25, 0.3) is 22.3 Å². The molecule has 2 fully saturated rings. The molecule has 14 nitrogen and oxygen atoms in total. The molecule has 4 heterocycles. The molecule has 0 aliphatic carbocycles. The molecule has 2 aromatic carbocycles. The highest BCUT2D eigenvalue weighted by Gasteiger charge is 2.37. The highest BCUT2D eigenvalue weighted by molar-refractivity contribution is 7.88. The highest BCUT2D eigenvalue weighted by atomic mass is 32.2. The third-order valence-electron chi connectivity index (χ3n) is 10.1. The number of nitrogens with two attached hydrogens (primary N) is 1. The number of hydrogen-bond donors (Lipinski definition) is 2. The molecule has 2 amide bonds. The van der Waals surface area contributed by atoms with Crippen molar-refractivity contribution in [2.24, 2.45) is 5.73 Å². The summed E-state index contributed by atoms with van der Waals surface area (Å²) in [6.45, 7) is 14.5. The summed E-state index contributed by atoms with van der Waals surface area (Å²) in [5, 5.41) is 0. The average molecular weight is 873 g/mol. The molecule has 2 aliphatic heterocycles. The van der Waals surface area contributed by atoms with Gasteiger partial charge in [0, 0.05) is 43.2 Å². The lowest BCUT2D eigenvalue weighted by molar-refractivity contribution is -0.0149. The third kappa shape index (κ3) is 15.6. The monoisotopic (exact) mass is 872 g/mol. The van der Waals surface area contributed by atoms with Crippen LogP contribution in [0.5, 0.6) is 11.5 Å². The summed E-state index contributed by atoms with van der Waals surface area (Å²) in [6.07, 6.45) is 12.8. The van der Waals surface area contributed by atoms with Crippen molar-refractivity contribution in [2.75, 3.05) is 45.6 Å². The van der Waals surface area contributed by atoms with Gasteiger partial charge in [-0.15, -0.1) is 0 Å². The van der Waals surface area contributed by atoms with Crippen LogP contribution in [0, 0.1) is 0 Å². The Hall–Kier alpha value is -5.25. The first-order chi connectivity index (χ1) is 29.4. The van der Waals surface area contributed by atoms with Crippen LogP contribution in [0.15, 0.2) is 85.5 Å². The Morgan fingerprint density at radius 1 is 0.694 bits per heavy atom. The zero-order chi connectivity index (χ0) is 44.9. The number of likely N-dealkylation sites (tertiary alicyclic amines) is 2. The molecule has 3 N–H and O–H groups in total. The van der Waals surface area contributed by atoms with E-state index in [9.17, 15) is 18.0 Å². The lowest BCUT2D eigenvalue weighted by atomic mass is 10.0. The van der Waals surface area contributed by atoms with E-state index < -0.39 is 21.2 Å². The van der Waals surface area contributed by atoms with Gasteiger partial charge in [0.15, 0.2) is 0 Å². The number of nitrogens with one attached hydrogen (secondary N) is 1. The van der Waals surface area contributed by atoms with E-state index in [0.29, 0.717) is 57.3 Å². The molecule has 62 heavy (non-hydrogen) atoms. The maximum absolute atomic E-state index is 12.3. The second kappa shape index (κ2) is 21.7. The number of carbonyl (C=O) groups is 2. The number of hydrogen-bond acceptors (Lipinski definition) is 11. The Bertz CT molecular complexity index is 2210. The molecule has 0 bridgehead atoms. The molecular formula is C47H64N6O8S. The van der Waals surface area contributed by atoms with Crippen LogP contribution in [0.3, 0.4) is 0 Å². The van der Waals surface area contributed by atoms with E-state index >= 15 is 0 Å². The minimum atomic E-state index is -3.16. The fourth-order valence-corrected chi connectivity index (χ4v) is 7.23. The molecule has 4 aromatic rings. The van der Waals surface area contributed by atoms with Gasteiger partial charge in [-0.25, -0.2) is 22.7 Å². The number of aromatic nitrogens is 2. The SMILES string of the molecule is CC(C)(C)OC(=O)N1CC[C@H]1COc1cncc(-c2cccc(CCCN)c2)c1.CC(C)(C)OC(=O)N1CC[C@H]1COc1cncc(-c2cccc(CCCNS(C)(=O)=O)c2)c1. The van der Waals surface area contributed by atoms with Crippen LogP contribution < -0.4 is 19.9 Å². The minimum Gasteiger partial charge on any atom is -0.490 e. The zero-order valence-corrected chi connectivity index (χ0v) is 38.1. The molecule has 6 rings (SSSR count). The predicted octanol–water partition coefficient (Wildman–Crippen LogP) is 7.65. The first-order valence-electron chi connectivity index (χ1n) is 21.3. The van der Waals surface area contributed by atoms with Crippen LogP contribution in [0.4, 0.5) is 9.59 Å². The summed E-state index contributed by atoms with van der Waals surface area (Å²) >= 11 is 0. The van der Waals surface area contributed by atoms with E-state index in [1.165, 1.54) is 5.56 Å². The van der Waals surface area contributed by atoms with E-state index in [0.717, 1.165) is 66.2 Å². The predicted molar refractivity (Wildman–Crippen MR) is 242 cm³/mol. The number of benzene rings is 2. The second-order valence-corrected chi connectivity index (χ2v) is 19.6. The summed E-state index contributed by atoms with van der Waals surface area (Å²) in [5.41, 5.74) is 11.1. The molecule has 0 unspecified atom stereocenters. The van der Waals surface area contributed by atoms with Gasteiger partial charge in [0.2, 0.25) is 10.0 Å². The van der Waals surface area contributed by atoms with Gasteiger partial charge in [-0.1, -0.05) is 48.5 Å². The molecule has 2 aliphatic rings. The summed E-state index contributed by atoms with van der Waals surface area (Å²) in [6, 6.07) is 20.5. The van der Waals surface area contributed by atoms with Crippen LogP contribution in [0.1, 0.15) is 78.4 Å². The van der Waals surface area contributed by atoms with E-state index in [2.05, 4.69) is 45.0 Å². The number of aryl methyl sites for hydroxylation is 2. The zero-order valence-electron chi connectivity index (χ0n) is 37.3. The van der Waals surface area contributed by atoms with Crippen molar-refractivity contribution in [3.05, 3.63) is 96.6 Å². The third-order valence-corrected chi connectivity index (χ3v) is 10.8. The van der Waals surface area contributed by atoms with Crippen molar-refractivity contribution in [1.29, 1.82) is 0 Å². The highest BCUT2D eigenvalue weighted by Crippen LogP contribution is 2.28. The largest absolute Gasteiger partial charge is 0.490 e. The molecule has 0 radical (unpaired) electrons. The summed E-state index contributed by atoms with van der Waals surface area (Å²) in [7, 11) is -3.16. The first-order valence-corrected chi connectivity index (χ1v) is 23.2. The maximum atomic E-state index is 12.3. The molecule has 336 valence electrons. The van der Waals surface area contributed by atoms with Crippen molar-refractivity contribution in [3.8, 4) is 33.8 Å². The van der Waals surface area contributed by atoms with Crippen LogP contribution in [-0.2, 0) is 32.3 Å². The molecule has 2 saturated heterocycles. The maximum Gasteiger partial charge on any atom is 0.410 e. The number of sulfonamides is 1. The Kier molecular flexibility index (Phi) is 16.7. The number of nitrogens with zero attached hydrogens (tertiary/aromatic N) is 4. The smallest absolute Gasteiger partial charge is 0.410 e. The fourth-order valence-electron chi connectivity index (χ4n) is 6.72. The second-order valence-electron chi connectivity index (χ2n) is 17.7. The van der Waals surface area contributed by atoms with Gasteiger partial charge < -0.3 is 34.5 Å². The molecule has 0 spiro atoms. The first kappa shape index (κ1) is 47.8. The average Bonchev–Trinajstić information content (AvgIpc) is 3.17. The summed E-state index contributed by atoms with van der Waals surface area (Å²) in [4.78, 5) is 36.6. The van der Waals surface area contributed by atoms with Gasteiger partial charge in [0.1, 0.15) is 35.9 Å². The van der Waals surface area contributed by atoms with Crippen LogP contribution >= 0.6 is 0 Å². The molecule has 15 heteroatoms. The topological polar surface area (TPSA) is 176 Å². The lowest BCUT2D eigenvalue weighted by Gasteiger charge is -2.41. The van der Waals surface area contributed by atoms with E-state index in [4.69, 9.17) is 24.7 Å². The van der Waals surface area contributed by atoms with Gasteiger partial charge in [-0.3, -0.25) is 9.97 Å². The molecule has 2 aromatic heterocycles. The Labute approximate surface area is 367 Å². The van der Waals surface area contributed by atoms with Crippen molar-refractivity contribution in [1.82, 2.24) is 24.5 Å². The van der Waals surface area contributed by atoms with Crippen LogP contribution in [0.2, 0.25) is 0 Å².